The predicted molar refractivity (Wildman–Crippen MR) is 202 cm³/mol. The third kappa shape index (κ3) is 8.35. The molecule has 0 saturated carbocycles. The number of methoxy groups -OCH3 is 1. The number of anilines is 1. The zero-order valence-electron chi connectivity index (χ0n) is 29.5. The molecule has 0 aliphatic heterocycles. The summed E-state index contributed by atoms with van der Waals surface area (Å²) < 4.78 is 10.9. The van der Waals surface area contributed by atoms with E-state index in [-0.39, 0.29) is 11.3 Å². The number of rotatable bonds is 10. The molecule has 8 heteroatoms. The number of nitrogens with one attached hydrogen (secondary N) is 2. The molecule has 1 aliphatic carbocycles. The van der Waals surface area contributed by atoms with Gasteiger partial charge in [-0.1, -0.05) is 87.5 Å². The largest absolute Gasteiger partial charge is 0.497 e. The first-order valence-electron chi connectivity index (χ1n) is 17.3. The number of hydrogen-bond acceptors (Lipinski definition) is 6. The second kappa shape index (κ2) is 15.4. The molecule has 0 bridgehead atoms. The van der Waals surface area contributed by atoms with E-state index in [1.54, 1.807) is 31.4 Å². The summed E-state index contributed by atoms with van der Waals surface area (Å²) in [5, 5.41) is 6.36. The average Bonchev–Trinajstić information content (AvgIpc) is 3.13. The maximum absolute atomic E-state index is 13.8. The summed E-state index contributed by atoms with van der Waals surface area (Å²) in [6.07, 6.45) is 5.16. The van der Waals surface area contributed by atoms with Crippen molar-refractivity contribution < 1.29 is 23.9 Å². The van der Waals surface area contributed by atoms with E-state index in [0.717, 1.165) is 46.5 Å². The maximum Gasteiger partial charge on any atom is 0.339 e. The first-order valence-corrected chi connectivity index (χ1v) is 17.3. The van der Waals surface area contributed by atoms with Crippen LogP contribution < -0.4 is 15.4 Å². The van der Waals surface area contributed by atoms with Crippen LogP contribution in [-0.2, 0) is 27.8 Å². The average molecular weight is 682 g/mol. The normalized spacial score (nSPS) is 13.4. The number of amides is 2. The van der Waals surface area contributed by atoms with Gasteiger partial charge in [0.15, 0.2) is 6.61 Å². The number of nitrogens with zero attached hydrogens (tertiary/aromatic N) is 1. The Morgan fingerprint density at radius 2 is 1.59 bits per heavy atom. The number of benzene rings is 4. The topological polar surface area (TPSA) is 107 Å². The van der Waals surface area contributed by atoms with Crippen molar-refractivity contribution >= 4 is 46.0 Å². The van der Waals surface area contributed by atoms with Gasteiger partial charge in [0, 0.05) is 11.9 Å². The number of allylic oxidation sites excluding steroid dienone is 1. The van der Waals surface area contributed by atoms with Crippen molar-refractivity contribution in [1.29, 1.82) is 0 Å². The summed E-state index contributed by atoms with van der Waals surface area (Å²) in [5.74, 6) is -0.680. The molecule has 2 N–H and O–H groups in total. The summed E-state index contributed by atoms with van der Waals surface area (Å²) in [5.41, 5.74) is 7.93. The van der Waals surface area contributed by atoms with E-state index in [1.165, 1.54) is 5.56 Å². The highest BCUT2D eigenvalue weighted by Gasteiger charge is 2.27. The lowest BCUT2D eigenvalue weighted by Gasteiger charge is -2.23. The number of ether oxygens (including phenoxy) is 2. The van der Waals surface area contributed by atoms with Gasteiger partial charge in [-0.05, 0) is 95.3 Å². The molecular weight excluding hydrogens is 638 g/mol. The lowest BCUT2D eigenvalue weighted by atomic mass is 9.85. The summed E-state index contributed by atoms with van der Waals surface area (Å²) >= 11 is 0. The molecule has 1 aliphatic rings. The molecule has 51 heavy (non-hydrogen) atoms. The van der Waals surface area contributed by atoms with Gasteiger partial charge in [0.1, 0.15) is 5.75 Å². The number of pyridine rings is 1. The standard InChI is InChI=1S/C43H43N3O5/c1-43(2,3)31-20-16-29(17-21-31)26-30-10-9-13-35-39(33-11-5-7-14-36(33)46-40(30)35)42(49)51-27-38(47)45-37-15-8-6-12-34(37)41(48)44-25-24-28-18-22-32(50-4)23-19-28/h5-8,11-12,14-23,26H,9-10,13,24-25,27H2,1-4H3,(H,44,48)(H,45,47)/b30-26-. The predicted octanol–water partition coefficient (Wildman–Crippen LogP) is 8.19. The molecule has 0 spiro atoms. The molecule has 0 saturated heterocycles. The van der Waals surface area contributed by atoms with Crippen LogP contribution in [0.25, 0.3) is 22.6 Å². The molecule has 0 atom stereocenters. The third-order valence-electron chi connectivity index (χ3n) is 9.13. The molecule has 0 unspecified atom stereocenters. The number of hydrogen-bond donors (Lipinski definition) is 2. The fourth-order valence-electron chi connectivity index (χ4n) is 6.38. The first-order chi connectivity index (χ1) is 24.6. The lowest BCUT2D eigenvalue weighted by Crippen LogP contribution is -2.28. The number of fused-ring (bicyclic) bond motifs is 2. The summed E-state index contributed by atoms with van der Waals surface area (Å²) in [6.45, 7) is 6.49. The molecule has 0 fully saturated rings. The van der Waals surface area contributed by atoms with Gasteiger partial charge in [0.05, 0.1) is 35.1 Å². The SMILES string of the molecule is COc1ccc(CCNC(=O)c2ccccc2NC(=O)COC(=O)c2c3c(nc4ccccc24)/C(=C\c2ccc(C(C)(C)C)cc2)CCC3)cc1. The summed E-state index contributed by atoms with van der Waals surface area (Å²) in [6, 6.07) is 30.5. The van der Waals surface area contributed by atoms with Crippen molar-refractivity contribution in [3.05, 3.63) is 136 Å². The Labute approximate surface area is 298 Å². The van der Waals surface area contributed by atoms with E-state index in [9.17, 15) is 14.4 Å². The number of carbonyl (C=O) groups excluding carboxylic acids is 3. The van der Waals surface area contributed by atoms with Crippen molar-refractivity contribution in [2.45, 2.75) is 51.9 Å². The molecule has 1 heterocycles. The van der Waals surface area contributed by atoms with E-state index < -0.39 is 18.5 Å². The van der Waals surface area contributed by atoms with Gasteiger partial charge in [-0.3, -0.25) is 9.59 Å². The van der Waals surface area contributed by atoms with E-state index >= 15 is 0 Å². The van der Waals surface area contributed by atoms with Crippen LogP contribution in [0.15, 0.2) is 97.1 Å². The summed E-state index contributed by atoms with van der Waals surface area (Å²) in [7, 11) is 1.62. The molecule has 2 amide bonds. The number of carbonyl (C=O) groups is 3. The smallest absolute Gasteiger partial charge is 0.339 e. The quantitative estimate of drug-likeness (QED) is 0.144. The Morgan fingerprint density at radius 3 is 2.33 bits per heavy atom. The van der Waals surface area contributed by atoms with E-state index in [4.69, 9.17) is 14.5 Å². The van der Waals surface area contributed by atoms with Crippen molar-refractivity contribution in [2.75, 3.05) is 25.6 Å². The second-order valence-corrected chi connectivity index (χ2v) is 13.8. The number of para-hydroxylation sites is 2. The molecule has 260 valence electrons. The van der Waals surface area contributed by atoms with Crippen LogP contribution in [0.4, 0.5) is 5.69 Å². The molecule has 5 aromatic rings. The van der Waals surface area contributed by atoms with Crippen LogP contribution in [0.5, 0.6) is 5.75 Å². The molecule has 8 nitrogen and oxygen atoms in total. The minimum Gasteiger partial charge on any atom is -0.497 e. The Balaban J connectivity index is 1.15. The molecule has 6 rings (SSSR count). The van der Waals surface area contributed by atoms with E-state index in [0.29, 0.717) is 47.1 Å². The lowest BCUT2D eigenvalue weighted by molar-refractivity contribution is -0.119. The fourth-order valence-corrected chi connectivity index (χ4v) is 6.38. The molecule has 4 aromatic carbocycles. The van der Waals surface area contributed by atoms with Crippen LogP contribution in [0, 0.1) is 0 Å². The first kappa shape index (κ1) is 35.1. The van der Waals surface area contributed by atoms with Crippen molar-refractivity contribution in [3.63, 3.8) is 0 Å². The van der Waals surface area contributed by atoms with Crippen LogP contribution in [0.1, 0.15) is 82.3 Å². The molecule has 1 aromatic heterocycles. The minimum atomic E-state index is -0.583. The van der Waals surface area contributed by atoms with E-state index in [1.807, 2.05) is 48.5 Å². The van der Waals surface area contributed by atoms with Gasteiger partial charge >= 0.3 is 5.97 Å². The van der Waals surface area contributed by atoms with Gasteiger partial charge in [0.25, 0.3) is 11.8 Å². The van der Waals surface area contributed by atoms with Crippen LogP contribution in [0.3, 0.4) is 0 Å². The van der Waals surface area contributed by atoms with Gasteiger partial charge in [-0.15, -0.1) is 0 Å². The number of aromatic nitrogens is 1. The number of esters is 1. The van der Waals surface area contributed by atoms with Gasteiger partial charge in [-0.25, -0.2) is 9.78 Å². The zero-order chi connectivity index (χ0) is 36.0. The minimum absolute atomic E-state index is 0.0621. The summed E-state index contributed by atoms with van der Waals surface area (Å²) in [4.78, 5) is 45.0. The highest BCUT2D eigenvalue weighted by Crippen LogP contribution is 2.37. The van der Waals surface area contributed by atoms with Crippen LogP contribution >= 0.6 is 0 Å². The van der Waals surface area contributed by atoms with Crippen molar-refractivity contribution in [3.8, 4) is 5.75 Å². The van der Waals surface area contributed by atoms with Gasteiger partial charge < -0.3 is 20.1 Å². The Bertz CT molecular complexity index is 2090. The monoisotopic (exact) mass is 681 g/mol. The maximum atomic E-state index is 13.8. The molecule has 0 radical (unpaired) electrons. The second-order valence-electron chi connectivity index (χ2n) is 13.8. The van der Waals surface area contributed by atoms with Crippen LogP contribution in [-0.4, -0.2) is 43.0 Å². The van der Waals surface area contributed by atoms with Gasteiger partial charge in [-0.2, -0.15) is 0 Å². The van der Waals surface area contributed by atoms with Crippen LogP contribution in [0.2, 0.25) is 0 Å². The highest BCUT2D eigenvalue weighted by molar-refractivity contribution is 6.08. The zero-order valence-corrected chi connectivity index (χ0v) is 29.5. The van der Waals surface area contributed by atoms with Crippen molar-refractivity contribution in [1.82, 2.24) is 10.3 Å². The molecular formula is C43H43N3O5. The Kier molecular flexibility index (Phi) is 10.6. The van der Waals surface area contributed by atoms with Crippen molar-refractivity contribution in [2.24, 2.45) is 0 Å². The fraction of sp³-hybridized carbons (Fsp3) is 0.256. The van der Waals surface area contributed by atoms with E-state index in [2.05, 4.69) is 61.7 Å². The van der Waals surface area contributed by atoms with Gasteiger partial charge in [0.2, 0.25) is 0 Å². The third-order valence-corrected chi connectivity index (χ3v) is 9.13. The highest BCUT2D eigenvalue weighted by atomic mass is 16.5. The Morgan fingerprint density at radius 1 is 0.863 bits per heavy atom. The Hall–Kier alpha value is -5.76.